The number of carbonyl (C=O) groups excluding carboxylic acids is 1. The lowest BCUT2D eigenvalue weighted by molar-refractivity contribution is -0.162. The Bertz CT molecular complexity index is 527. The quantitative estimate of drug-likeness (QED) is 0.859. The lowest BCUT2D eigenvalue weighted by Gasteiger charge is -2.61. The van der Waals surface area contributed by atoms with Crippen LogP contribution >= 0.6 is 0 Å². The van der Waals surface area contributed by atoms with Crippen molar-refractivity contribution in [1.82, 2.24) is 10.2 Å². The van der Waals surface area contributed by atoms with Crippen LogP contribution in [-0.4, -0.2) is 48.2 Å². The van der Waals surface area contributed by atoms with Crippen LogP contribution in [0.4, 0.5) is 0 Å². The fraction of sp³-hybridized carbons (Fsp3) is 0.889. The van der Waals surface area contributed by atoms with Gasteiger partial charge in [0, 0.05) is 19.2 Å². The molecule has 1 N–H and O–H groups in total. The van der Waals surface area contributed by atoms with E-state index in [2.05, 4.69) is 11.4 Å². The summed E-state index contributed by atoms with van der Waals surface area (Å²) in [6, 6.07) is 2.04. The molecule has 2 unspecified atom stereocenters. The van der Waals surface area contributed by atoms with Gasteiger partial charge in [-0.25, -0.2) is 0 Å². The maximum absolute atomic E-state index is 12.5. The summed E-state index contributed by atoms with van der Waals surface area (Å²) in [4.78, 5) is 14.3. The van der Waals surface area contributed by atoms with E-state index in [0.717, 1.165) is 37.6 Å². The molecular weight excluding hydrogens is 290 g/mol. The highest BCUT2D eigenvalue weighted by Gasteiger charge is 2.58. The smallest absolute Gasteiger partial charge is 0.237 e. The predicted molar refractivity (Wildman–Crippen MR) is 85.5 cm³/mol. The third kappa shape index (κ3) is 2.56. The molecule has 4 bridgehead atoms. The lowest BCUT2D eigenvalue weighted by Crippen LogP contribution is -2.66. The second kappa shape index (κ2) is 5.46. The van der Waals surface area contributed by atoms with Gasteiger partial charge in [0.25, 0.3) is 0 Å². The molecule has 5 nitrogen and oxygen atoms in total. The Morgan fingerprint density at radius 3 is 2.74 bits per heavy atom. The van der Waals surface area contributed by atoms with E-state index in [1.807, 2.05) is 7.11 Å². The fourth-order valence-corrected chi connectivity index (χ4v) is 6.19. The van der Waals surface area contributed by atoms with Crippen LogP contribution < -0.4 is 5.32 Å². The highest BCUT2D eigenvalue weighted by molar-refractivity contribution is 5.79. The molecule has 4 aliphatic carbocycles. The Labute approximate surface area is 138 Å². The zero-order valence-corrected chi connectivity index (χ0v) is 14.0. The molecule has 1 heterocycles. The Kier molecular flexibility index (Phi) is 3.66. The van der Waals surface area contributed by atoms with Crippen LogP contribution in [-0.2, 0) is 9.53 Å². The Balaban J connectivity index is 1.43. The first-order valence-electron chi connectivity index (χ1n) is 9.06. The molecule has 23 heavy (non-hydrogen) atoms. The first-order valence-corrected chi connectivity index (χ1v) is 9.06. The summed E-state index contributed by atoms with van der Waals surface area (Å²) in [5.74, 6) is 1.59. The van der Waals surface area contributed by atoms with E-state index in [4.69, 9.17) is 10.00 Å². The van der Waals surface area contributed by atoms with Crippen LogP contribution in [0.3, 0.4) is 0 Å². The monoisotopic (exact) mass is 317 g/mol. The normalized spacial score (nSPS) is 44.5. The van der Waals surface area contributed by atoms with Gasteiger partial charge in [-0.2, -0.15) is 5.26 Å². The number of nitriles is 1. The van der Waals surface area contributed by atoms with Gasteiger partial charge in [0.05, 0.1) is 18.2 Å². The number of hydrogen-bond donors (Lipinski definition) is 1. The van der Waals surface area contributed by atoms with Crippen molar-refractivity contribution in [2.75, 3.05) is 20.2 Å². The van der Waals surface area contributed by atoms with Crippen molar-refractivity contribution in [2.24, 2.45) is 11.8 Å². The summed E-state index contributed by atoms with van der Waals surface area (Å²) in [6.07, 6.45) is 8.91. The molecular formula is C18H27N3O2. The van der Waals surface area contributed by atoms with Crippen molar-refractivity contribution in [3.05, 3.63) is 0 Å². The molecule has 5 fully saturated rings. The van der Waals surface area contributed by atoms with Crippen molar-refractivity contribution in [3.63, 3.8) is 0 Å². The Morgan fingerprint density at radius 1 is 1.35 bits per heavy atom. The highest BCUT2D eigenvalue weighted by Crippen LogP contribution is 2.58. The molecule has 1 aliphatic heterocycles. The summed E-state index contributed by atoms with van der Waals surface area (Å²) in [7, 11) is 1.85. The average molecular weight is 317 g/mol. The summed E-state index contributed by atoms with van der Waals surface area (Å²) in [6.45, 7) is 1.11. The van der Waals surface area contributed by atoms with Gasteiger partial charge in [-0.1, -0.05) is 0 Å². The van der Waals surface area contributed by atoms with Gasteiger partial charge >= 0.3 is 0 Å². The number of methoxy groups -OCH3 is 1. The van der Waals surface area contributed by atoms with Crippen LogP contribution in [0.15, 0.2) is 0 Å². The molecule has 5 rings (SSSR count). The minimum Gasteiger partial charge on any atom is -0.378 e. The van der Waals surface area contributed by atoms with E-state index in [9.17, 15) is 4.79 Å². The highest BCUT2D eigenvalue weighted by atomic mass is 16.5. The molecule has 5 heteroatoms. The molecule has 1 saturated heterocycles. The molecule has 5 aliphatic rings. The van der Waals surface area contributed by atoms with Crippen molar-refractivity contribution in [3.8, 4) is 6.07 Å². The first-order chi connectivity index (χ1) is 11.1. The minimum absolute atomic E-state index is 0.0446. The van der Waals surface area contributed by atoms with Crippen molar-refractivity contribution in [2.45, 2.75) is 68.5 Å². The standard InChI is InChI=1S/C18H27N3O2/c1-23-18-8-13-5-14(9-18)7-17(6-13,12-18)20-11-16(22)21-4-2-3-15(21)10-19/h13-15,20H,2-9,11-12H2,1H3/t13?,14?,15-,17?,18?/m0/s1. The third-order valence-electron chi connectivity index (χ3n) is 6.78. The topological polar surface area (TPSA) is 65.4 Å². The number of likely N-dealkylation sites (tertiary alicyclic amines) is 1. The van der Waals surface area contributed by atoms with E-state index in [1.54, 1.807) is 4.90 Å². The number of ether oxygens (including phenoxy) is 1. The van der Waals surface area contributed by atoms with E-state index >= 15 is 0 Å². The number of carbonyl (C=O) groups is 1. The zero-order chi connectivity index (χ0) is 16.1. The van der Waals surface area contributed by atoms with Gasteiger partial charge in [-0.05, 0) is 63.2 Å². The average Bonchev–Trinajstić information content (AvgIpc) is 3.00. The lowest BCUT2D eigenvalue weighted by atomic mass is 9.51. The number of hydrogen-bond acceptors (Lipinski definition) is 4. The van der Waals surface area contributed by atoms with Gasteiger partial charge in [-0.15, -0.1) is 0 Å². The summed E-state index contributed by atoms with van der Waals surface area (Å²) >= 11 is 0. The maximum atomic E-state index is 12.5. The molecule has 0 spiro atoms. The number of amides is 1. The van der Waals surface area contributed by atoms with Gasteiger partial charge in [0.1, 0.15) is 6.04 Å². The zero-order valence-electron chi connectivity index (χ0n) is 14.0. The molecule has 126 valence electrons. The van der Waals surface area contributed by atoms with E-state index < -0.39 is 0 Å². The van der Waals surface area contributed by atoms with Crippen molar-refractivity contribution in [1.29, 1.82) is 5.26 Å². The molecule has 1 amide bonds. The third-order valence-corrected chi connectivity index (χ3v) is 6.78. The van der Waals surface area contributed by atoms with E-state index in [-0.39, 0.29) is 23.1 Å². The summed E-state index contributed by atoms with van der Waals surface area (Å²) < 4.78 is 5.94. The van der Waals surface area contributed by atoms with Crippen LogP contribution in [0.1, 0.15) is 51.4 Å². The minimum atomic E-state index is -0.217. The molecule has 0 aromatic carbocycles. The maximum Gasteiger partial charge on any atom is 0.237 e. The van der Waals surface area contributed by atoms with Gasteiger partial charge in [0.15, 0.2) is 0 Å². The van der Waals surface area contributed by atoms with Crippen LogP contribution in [0.25, 0.3) is 0 Å². The second-order valence-corrected chi connectivity index (χ2v) is 8.36. The SMILES string of the molecule is COC12CC3CC(CC(NCC(=O)N4CCC[C@H]4C#N)(C3)C1)C2. The van der Waals surface area contributed by atoms with Crippen molar-refractivity contribution < 1.29 is 9.53 Å². The molecule has 3 atom stereocenters. The molecule has 4 saturated carbocycles. The number of nitrogens with zero attached hydrogens (tertiary/aromatic N) is 2. The number of nitrogens with one attached hydrogen (secondary N) is 1. The van der Waals surface area contributed by atoms with Crippen molar-refractivity contribution >= 4 is 5.91 Å². The fourth-order valence-electron chi connectivity index (χ4n) is 6.19. The van der Waals surface area contributed by atoms with E-state index in [1.165, 1.54) is 32.1 Å². The molecule has 0 aromatic heterocycles. The second-order valence-electron chi connectivity index (χ2n) is 8.36. The molecule has 0 radical (unpaired) electrons. The van der Waals surface area contributed by atoms with Gasteiger partial charge in [0.2, 0.25) is 5.91 Å². The predicted octanol–water partition coefficient (Wildman–Crippen LogP) is 1.83. The van der Waals surface area contributed by atoms with E-state index in [0.29, 0.717) is 6.54 Å². The number of rotatable bonds is 4. The first kappa shape index (κ1) is 15.4. The summed E-state index contributed by atoms with van der Waals surface area (Å²) in [5, 5.41) is 12.8. The van der Waals surface area contributed by atoms with Crippen LogP contribution in [0.2, 0.25) is 0 Å². The summed E-state index contributed by atoms with van der Waals surface area (Å²) in [5.41, 5.74) is 0.126. The van der Waals surface area contributed by atoms with Crippen LogP contribution in [0, 0.1) is 23.2 Å². The Hall–Kier alpha value is -1.12. The Morgan fingerprint density at radius 2 is 2.09 bits per heavy atom. The van der Waals surface area contributed by atoms with Crippen LogP contribution in [0.5, 0.6) is 0 Å². The largest absolute Gasteiger partial charge is 0.378 e. The molecule has 0 aromatic rings. The van der Waals surface area contributed by atoms with Gasteiger partial charge in [-0.3, -0.25) is 4.79 Å². The van der Waals surface area contributed by atoms with Gasteiger partial charge < -0.3 is 15.0 Å².